The SMILES string of the molecule is NCCO/N=C/c1c(N)ncnc1N1CCN(C(=O)Nc2ccc(N3CCCC3)cc2)CC1. The first-order valence-corrected chi connectivity index (χ1v) is 11.3. The average Bonchev–Trinajstić information content (AvgIpc) is 3.38. The van der Waals surface area contributed by atoms with Gasteiger partial charge in [0, 0.05) is 57.2 Å². The summed E-state index contributed by atoms with van der Waals surface area (Å²) in [6, 6.07) is 7.95. The number of piperazine rings is 1. The zero-order valence-electron chi connectivity index (χ0n) is 18.7. The van der Waals surface area contributed by atoms with Crippen molar-refractivity contribution in [2.24, 2.45) is 10.9 Å². The van der Waals surface area contributed by atoms with Crippen LogP contribution in [0.1, 0.15) is 18.4 Å². The molecule has 0 unspecified atom stereocenters. The van der Waals surface area contributed by atoms with Gasteiger partial charge in [-0.3, -0.25) is 0 Å². The average molecular weight is 454 g/mol. The van der Waals surface area contributed by atoms with Gasteiger partial charge in [-0.1, -0.05) is 5.16 Å². The van der Waals surface area contributed by atoms with Crippen molar-refractivity contribution < 1.29 is 9.63 Å². The molecule has 0 bridgehead atoms. The Labute approximate surface area is 193 Å². The molecule has 0 radical (unpaired) electrons. The monoisotopic (exact) mass is 453 g/mol. The van der Waals surface area contributed by atoms with Gasteiger partial charge in [0.05, 0.1) is 11.8 Å². The number of rotatable bonds is 7. The Hall–Kier alpha value is -3.60. The normalized spacial score (nSPS) is 16.5. The molecule has 2 amide bonds. The summed E-state index contributed by atoms with van der Waals surface area (Å²) in [5.41, 5.74) is 14.0. The molecule has 2 fully saturated rings. The van der Waals surface area contributed by atoms with Crippen molar-refractivity contribution in [2.45, 2.75) is 12.8 Å². The Morgan fingerprint density at radius 3 is 2.48 bits per heavy atom. The lowest BCUT2D eigenvalue weighted by Gasteiger charge is -2.35. The number of amides is 2. The lowest BCUT2D eigenvalue weighted by Crippen LogP contribution is -2.50. The van der Waals surface area contributed by atoms with E-state index >= 15 is 0 Å². The van der Waals surface area contributed by atoms with E-state index in [0.717, 1.165) is 18.8 Å². The van der Waals surface area contributed by atoms with E-state index < -0.39 is 0 Å². The number of nitrogens with two attached hydrogens (primary N) is 2. The molecule has 1 aromatic heterocycles. The van der Waals surface area contributed by atoms with Gasteiger partial charge in [0.2, 0.25) is 0 Å². The van der Waals surface area contributed by atoms with Gasteiger partial charge in [0.15, 0.2) is 0 Å². The minimum absolute atomic E-state index is 0.109. The minimum Gasteiger partial charge on any atom is -0.394 e. The number of hydrogen-bond donors (Lipinski definition) is 3. The molecule has 11 heteroatoms. The van der Waals surface area contributed by atoms with Gasteiger partial charge < -0.3 is 36.3 Å². The van der Waals surface area contributed by atoms with Crippen LogP contribution in [0.15, 0.2) is 35.7 Å². The number of hydrogen-bond acceptors (Lipinski definition) is 9. The minimum atomic E-state index is -0.109. The Morgan fingerprint density at radius 2 is 1.79 bits per heavy atom. The Kier molecular flexibility index (Phi) is 7.40. The zero-order valence-corrected chi connectivity index (χ0v) is 18.7. The largest absolute Gasteiger partial charge is 0.394 e. The molecule has 2 saturated heterocycles. The van der Waals surface area contributed by atoms with Crippen molar-refractivity contribution in [1.82, 2.24) is 14.9 Å². The van der Waals surface area contributed by atoms with Crippen molar-refractivity contribution in [3.05, 3.63) is 36.2 Å². The van der Waals surface area contributed by atoms with Gasteiger partial charge in [-0.05, 0) is 37.1 Å². The van der Waals surface area contributed by atoms with Crippen LogP contribution in [0, 0.1) is 0 Å². The maximum Gasteiger partial charge on any atom is 0.321 e. The molecule has 0 saturated carbocycles. The summed E-state index contributed by atoms with van der Waals surface area (Å²) >= 11 is 0. The van der Waals surface area contributed by atoms with Crippen LogP contribution in [0.2, 0.25) is 0 Å². The predicted octanol–water partition coefficient (Wildman–Crippen LogP) is 1.32. The molecule has 0 atom stereocenters. The van der Waals surface area contributed by atoms with Crippen LogP contribution in [0.5, 0.6) is 0 Å². The number of nitrogens with zero attached hydrogens (tertiary/aromatic N) is 6. The number of aromatic nitrogens is 2. The zero-order chi connectivity index (χ0) is 23.0. The first-order chi connectivity index (χ1) is 16.2. The third kappa shape index (κ3) is 5.61. The summed E-state index contributed by atoms with van der Waals surface area (Å²) in [6.45, 7) is 5.23. The number of oxime groups is 1. The lowest BCUT2D eigenvalue weighted by molar-refractivity contribution is 0.154. The van der Waals surface area contributed by atoms with Crippen molar-refractivity contribution in [3.8, 4) is 0 Å². The second-order valence-electron chi connectivity index (χ2n) is 8.00. The topological polar surface area (TPSA) is 138 Å². The summed E-state index contributed by atoms with van der Waals surface area (Å²) in [5, 5.41) is 6.90. The number of nitrogens with one attached hydrogen (secondary N) is 1. The van der Waals surface area contributed by atoms with Gasteiger partial charge >= 0.3 is 6.03 Å². The summed E-state index contributed by atoms with van der Waals surface area (Å²) in [7, 11) is 0. The number of benzene rings is 1. The quantitative estimate of drug-likeness (QED) is 0.324. The molecule has 0 spiro atoms. The maximum atomic E-state index is 12.8. The van der Waals surface area contributed by atoms with Crippen LogP contribution in [-0.2, 0) is 4.84 Å². The third-order valence-corrected chi connectivity index (χ3v) is 5.82. The molecule has 33 heavy (non-hydrogen) atoms. The molecule has 5 N–H and O–H groups in total. The molecule has 2 aliphatic heterocycles. The van der Waals surface area contributed by atoms with Gasteiger partial charge in [0.1, 0.15) is 24.6 Å². The highest BCUT2D eigenvalue weighted by atomic mass is 16.6. The van der Waals surface area contributed by atoms with Crippen molar-refractivity contribution in [2.75, 3.05) is 73.3 Å². The third-order valence-electron chi connectivity index (χ3n) is 5.82. The van der Waals surface area contributed by atoms with E-state index in [1.165, 1.54) is 31.1 Å². The van der Waals surface area contributed by atoms with E-state index in [9.17, 15) is 4.79 Å². The summed E-state index contributed by atoms with van der Waals surface area (Å²) in [4.78, 5) is 32.5. The number of carbonyl (C=O) groups is 1. The van der Waals surface area contributed by atoms with Gasteiger partial charge in [0.25, 0.3) is 0 Å². The van der Waals surface area contributed by atoms with E-state index in [0.29, 0.717) is 56.5 Å². The van der Waals surface area contributed by atoms with Crippen LogP contribution < -0.4 is 26.6 Å². The molecule has 0 aliphatic carbocycles. The second-order valence-corrected chi connectivity index (χ2v) is 8.00. The molecule has 176 valence electrons. The number of carbonyl (C=O) groups excluding carboxylic acids is 1. The molecule has 2 aromatic rings. The summed E-state index contributed by atoms with van der Waals surface area (Å²) in [5.74, 6) is 0.984. The Balaban J connectivity index is 1.33. The fraction of sp³-hybridized carbons (Fsp3) is 0.455. The number of anilines is 4. The van der Waals surface area contributed by atoms with E-state index in [4.69, 9.17) is 16.3 Å². The lowest BCUT2D eigenvalue weighted by atomic mass is 10.2. The fourth-order valence-corrected chi connectivity index (χ4v) is 4.03. The van der Waals surface area contributed by atoms with Gasteiger partial charge in [-0.25, -0.2) is 14.8 Å². The molecular weight excluding hydrogens is 422 g/mol. The standard InChI is InChI=1S/C22H31N9O2/c23-7-14-33-27-15-19-20(24)25-16-26-21(19)30-10-12-31(13-11-30)22(32)28-17-3-5-18(6-4-17)29-8-1-2-9-29/h3-6,15-16H,1-2,7-14,23H2,(H,28,32)(H2,24,25,26)/b27-15+. The fourth-order valence-electron chi connectivity index (χ4n) is 4.03. The van der Waals surface area contributed by atoms with Crippen LogP contribution in [0.3, 0.4) is 0 Å². The first kappa shape index (κ1) is 22.6. The van der Waals surface area contributed by atoms with E-state index in [-0.39, 0.29) is 6.03 Å². The highest BCUT2D eigenvalue weighted by molar-refractivity contribution is 5.92. The molecule has 1 aromatic carbocycles. The Morgan fingerprint density at radius 1 is 1.06 bits per heavy atom. The molecule has 11 nitrogen and oxygen atoms in total. The molecule has 3 heterocycles. The highest BCUT2D eigenvalue weighted by Crippen LogP contribution is 2.23. The molecule has 2 aliphatic rings. The van der Waals surface area contributed by atoms with Crippen LogP contribution in [0.4, 0.5) is 27.8 Å². The van der Waals surface area contributed by atoms with E-state index in [1.807, 2.05) is 12.1 Å². The van der Waals surface area contributed by atoms with Crippen LogP contribution in [-0.4, -0.2) is 79.5 Å². The van der Waals surface area contributed by atoms with Crippen LogP contribution in [0.25, 0.3) is 0 Å². The Bertz CT molecular complexity index is 953. The first-order valence-electron chi connectivity index (χ1n) is 11.3. The smallest absolute Gasteiger partial charge is 0.321 e. The van der Waals surface area contributed by atoms with Crippen molar-refractivity contribution >= 4 is 35.3 Å². The van der Waals surface area contributed by atoms with E-state index in [1.54, 1.807) is 4.90 Å². The van der Waals surface area contributed by atoms with Gasteiger partial charge in [-0.15, -0.1) is 0 Å². The predicted molar refractivity (Wildman–Crippen MR) is 130 cm³/mol. The van der Waals surface area contributed by atoms with Gasteiger partial charge in [-0.2, -0.15) is 0 Å². The second kappa shape index (κ2) is 10.8. The summed E-state index contributed by atoms with van der Waals surface area (Å²) in [6.07, 6.45) is 5.41. The molecular formula is C22H31N9O2. The number of nitrogen functional groups attached to an aromatic ring is 1. The number of urea groups is 1. The van der Waals surface area contributed by atoms with E-state index in [2.05, 4.69) is 42.4 Å². The maximum absolute atomic E-state index is 12.8. The van der Waals surface area contributed by atoms with Crippen LogP contribution >= 0.6 is 0 Å². The van der Waals surface area contributed by atoms with Crippen molar-refractivity contribution in [3.63, 3.8) is 0 Å². The summed E-state index contributed by atoms with van der Waals surface area (Å²) < 4.78 is 0. The van der Waals surface area contributed by atoms with Crippen molar-refractivity contribution in [1.29, 1.82) is 0 Å². The highest BCUT2D eigenvalue weighted by Gasteiger charge is 2.24. The molecule has 4 rings (SSSR count).